The van der Waals surface area contributed by atoms with E-state index in [9.17, 15) is 18.7 Å². The van der Waals surface area contributed by atoms with Crippen LogP contribution in [0.2, 0.25) is 0 Å². The van der Waals surface area contributed by atoms with Crippen molar-refractivity contribution in [1.82, 2.24) is 9.80 Å². The number of hydrogen-bond acceptors (Lipinski definition) is 8. The topological polar surface area (TPSA) is 93.2 Å². The molecule has 0 aliphatic heterocycles. The minimum Gasteiger partial charge on any atom is -0.459 e. The van der Waals surface area contributed by atoms with Crippen LogP contribution in [0.3, 0.4) is 0 Å². The Kier molecular flexibility index (Phi) is 13.8. The Labute approximate surface area is 232 Å². The monoisotopic (exact) mass is 578 g/mol. The number of ether oxygens (including phenoxy) is 2. The summed E-state index contributed by atoms with van der Waals surface area (Å²) in [6.07, 6.45) is 6.51. The third-order valence-electron chi connectivity index (χ3n) is 7.32. The van der Waals surface area contributed by atoms with E-state index in [4.69, 9.17) is 9.47 Å². The summed E-state index contributed by atoms with van der Waals surface area (Å²) >= 11 is 0. The van der Waals surface area contributed by atoms with E-state index >= 15 is 0 Å². The van der Waals surface area contributed by atoms with E-state index in [0.717, 1.165) is 25.7 Å². The Bertz CT molecular complexity index is 778. The van der Waals surface area contributed by atoms with Gasteiger partial charge < -0.3 is 18.6 Å². The Morgan fingerprint density at radius 3 is 1.18 bits per heavy atom. The number of hydrogen-bond donors (Lipinski definition) is 0. The molecule has 0 bridgehead atoms. The van der Waals surface area contributed by atoms with Crippen LogP contribution in [0, 0.1) is 0 Å². The Balaban J connectivity index is 3.46. The van der Waals surface area contributed by atoms with Gasteiger partial charge in [0, 0.05) is 12.1 Å². The molecule has 1 aliphatic carbocycles. The zero-order valence-corrected chi connectivity index (χ0v) is 27.7. The van der Waals surface area contributed by atoms with E-state index in [2.05, 4.69) is 9.80 Å². The van der Waals surface area contributed by atoms with E-state index < -0.39 is 25.5 Å². The molecule has 0 heterocycles. The van der Waals surface area contributed by atoms with Gasteiger partial charge in [-0.15, -0.1) is 0 Å². The highest BCUT2D eigenvalue weighted by Gasteiger charge is 2.40. The van der Waals surface area contributed by atoms with Crippen LogP contribution in [0.25, 0.3) is 0 Å². The first-order valence-electron chi connectivity index (χ1n) is 14.5. The average molecular weight is 579 g/mol. The van der Waals surface area contributed by atoms with Gasteiger partial charge in [-0.25, -0.2) is 0 Å². The Morgan fingerprint density at radius 1 is 0.658 bits per heavy atom. The van der Waals surface area contributed by atoms with Gasteiger partial charge in [0.25, 0.3) is 0 Å². The van der Waals surface area contributed by atoms with Crippen LogP contribution < -0.4 is 0 Å². The maximum absolute atomic E-state index is 13.7. The van der Waals surface area contributed by atoms with E-state index in [1.165, 1.54) is 0 Å². The lowest BCUT2D eigenvalue weighted by molar-refractivity contribution is -0.159. The molecule has 0 unspecified atom stereocenters. The molecule has 224 valence electrons. The van der Waals surface area contributed by atoms with Gasteiger partial charge in [-0.1, -0.05) is 40.5 Å². The van der Waals surface area contributed by atoms with E-state index in [-0.39, 0.29) is 37.1 Å². The molecule has 8 nitrogen and oxygen atoms in total. The third-order valence-corrected chi connectivity index (χ3v) is 13.7. The third kappa shape index (κ3) is 12.2. The summed E-state index contributed by atoms with van der Waals surface area (Å²) in [5, 5.41) is 0. The molecule has 0 N–H and O–H groups in total. The summed E-state index contributed by atoms with van der Waals surface area (Å²) in [7, 11) is -5.05. The minimum atomic E-state index is -2.52. The van der Waals surface area contributed by atoms with Crippen molar-refractivity contribution in [3.05, 3.63) is 0 Å². The van der Waals surface area contributed by atoms with Gasteiger partial charge >= 0.3 is 11.9 Å². The highest BCUT2D eigenvalue weighted by molar-refractivity contribution is 7.64. The first kappa shape index (κ1) is 35.3. The van der Waals surface area contributed by atoms with E-state index in [1.54, 1.807) is 0 Å². The first-order chi connectivity index (χ1) is 17.4. The van der Waals surface area contributed by atoms with Crippen molar-refractivity contribution >= 4 is 26.2 Å². The van der Waals surface area contributed by atoms with Crippen molar-refractivity contribution in [2.75, 3.05) is 50.3 Å². The maximum atomic E-state index is 13.7. The molecule has 1 aliphatic rings. The van der Waals surface area contributed by atoms with Crippen LogP contribution >= 0.6 is 14.3 Å². The second kappa shape index (κ2) is 14.8. The molecule has 10 heteroatoms. The maximum Gasteiger partial charge on any atom is 0.320 e. The molecule has 1 rings (SSSR count). The van der Waals surface area contributed by atoms with Crippen molar-refractivity contribution in [2.45, 2.75) is 118 Å². The van der Waals surface area contributed by atoms with Gasteiger partial charge in [0.2, 0.25) is 0 Å². The van der Waals surface area contributed by atoms with Gasteiger partial charge in [0.15, 0.2) is 0 Å². The van der Waals surface area contributed by atoms with Crippen molar-refractivity contribution in [3.8, 4) is 0 Å². The van der Waals surface area contributed by atoms with Gasteiger partial charge in [0.1, 0.15) is 25.5 Å². The predicted octanol–water partition coefficient (Wildman–Crippen LogP) is 6.31. The highest BCUT2D eigenvalue weighted by atomic mass is 31.2. The quantitative estimate of drug-likeness (QED) is 0.175. The lowest BCUT2D eigenvalue weighted by atomic mass is 9.88. The summed E-state index contributed by atoms with van der Waals surface area (Å²) in [5.41, 5.74) is -1.24. The normalized spacial score (nSPS) is 19.6. The molecule has 1 saturated carbocycles. The molecular weight excluding hydrogens is 522 g/mol. The molecule has 2 atom stereocenters. The summed E-state index contributed by atoms with van der Waals surface area (Å²) < 4.78 is 38.7. The van der Waals surface area contributed by atoms with Crippen molar-refractivity contribution in [1.29, 1.82) is 0 Å². The lowest BCUT2D eigenvalue weighted by Gasteiger charge is -2.46. The smallest absolute Gasteiger partial charge is 0.320 e. The molecule has 0 amide bonds. The summed E-state index contributed by atoms with van der Waals surface area (Å²) in [4.78, 5) is 30.1. The second-order valence-corrected chi connectivity index (χ2v) is 20.1. The van der Waals surface area contributed by atoms with Crippen molar-refractivity contribution in [2.24, 2.45) is 0 Å². The van der Waals surface area contributed by atoms with Crippen LogP contribution in [0.5, 0.6) is 0 Å². The van der Waals surface area contributed by atoms with Gasteiger partial charge in [-0.2, -0.15) is 0 Å². The molecule has 0 saturated heterocycles. The molecule has 0 aromatic heterocycles. The SMILES string of the molecule is CCP(=O)(CC)CN(CC(=O)OC(C)(C)C)[C@H]1CCCC[C@@H]1N(CC(=O)OC(C)(C)C)CP(=O)(CC)CC. The summed E-state index contributed by atoms with van der Waals surface area (Å²) in [5.74, 6) is -0.681. The Morgan fingerprint density at radius 2 is 0.947 bits per heavy atom. The van der Waals surface area contributed by atoms with Crippen LogP contribution in [-0.2, 0) is 28.2 Å². The van der Waals surface area contributed by atoms with Crippen molar-refractivity contribution in [3.63, 3.8) is 0 Å². The minimum absolute atomic E-state index is 0.0436. The number of rotatable bonds is 14. The molecule has 0 aromatic rings. The van der Waals surface area contributed by atoms with Crippen molar-refractivity contribution < 1.29 is 28.2 Å². The van der Waals surface area contributed by atoms with Crippen LogP contribution in [0.4, 0.5) is 0 Å². The van der Waals surface area contributed by atoms with Crippen LogP contribution in [0.1, 0.15) is 94.9 Å². The molecule has 0 radical (unpaired) electrons. The predicted molar refractivity (Wildman–Crippen MR) is 158 cm³/mol. The number of nitrogens with zero attached hydrogens (tertiary/aromatic N) is 2. The van der Waals surface area contributed by atoms with Gasteiger partial charge in [-0.05, 0) is 79.0 Å². The fourth-order valence-electron chi connectivity index (χ4n) is 5.08. The van der Waals surface area contributed by atoms with E-state index in [1.807, 2.05) is 69.2 Å². The zero-order valence-electron chi connectivity index (χ0n) is 25.9. The fourth-order valence-corrected chi connectivity index (χ4v) is 8.71. The van der Waals surface area contributed by atoms with E-state index in [0.29, 0.717) is 37.2 Å². The molecule has 38 heavy (non-hydrogen) atoms. The first-order valence-corrected chi connectivity index (χ1v) is 19.0. The molecule has 1 fully saturated rings. The lowest BCUT2D eigenvalue weighted by Crippen LogP contribution is -2.56. The number of carbonyl (C=O) groups is 2. The fraction of sp³-hybridized carbons (Fsp3) is 0.929. The molecule has 0 spiro atoms. The number of esters is 2. The summed E-state index contributed by atoms with van der Waals surface area (Å²) in [6, 6.07) is -0.209. The largest absolute Gasteiger partial charge is 0.459 e. The molecular formula is C28H56N2O6P2. The standard InChI is InChI=1S/C28H56N2O6P2/c1-11-37(33,12-2)21-29(19-25(31)35-27(5,6)7)23-17-15-16-18-24(23)30(22-38(34,13-3)14-4)20-26(32)36-28(8,9)10/h23-24H,11-22H2,1-10H3/t23-,24-/m0/s1. The van der Waals surface area contributed by atoms with Gasteiger partial charge in [-0.3, -0.25) is 19.4 Å². The zero-order chi connectivity index (χ0) is 29.4. The van der Waals surface area contributed by atoms with Gasteiger partial charge in [0.05, 0.1) is 25.7 Å². The average Bonchev–Trinajstić information content (AvgIpc) is 2.80. The Hall–Kier alpha value is -0.680. The molecule has 0 aromatic carbocycles. The summed E-state index contributed by atoms with van der Waals surface area (Å²) in [6.45, 7) is 18.9. The van der Waals surface area contributed by atoms with Crippen LogP contribution in [0.15, 0.2) is 0 Å². The second-order valence-electron chi connectivity index (χ2n) is 12.7. The van der Waals surface area contributed by atoms with Crippen LogP contribution in [-0.4, -0.2) is 95.3 Å². The highest BCUT2D eigenvalue weighted by Crippen LogP contribution is 2.48. The number of carbonyl (C=O) groups excluding carboxylic acids is 2.